The van der Waals surface area contributed by atoms with Gasteiger partial charge in [0.1, 0.15) is 0 Å². The molecule has 1 fully saturated rings. The van der Waals surface area contributed by atoms with Crippen molar-refractivity contribution in [1.29, 1.82) is 0 Å². The van der Waals surface area contributed by atoms with E-state index in [9.17, 15) is 4.79 Å². The van der Waals surface area contributed by atoms with E-state index >= 15 is 0 Å². The van der Waals surface area contributed by atoms with Crippen LogP contribution in [0.25, 0.3) is 0 Å². The Bertz CT molecular complexity index is 214. The lowest BCUT2D eigenvalue weighted by atomic mass is 9.98. The number of carbonyl (C=O) groups excluding carboxylic acids is 1. The lowest BCUT2D eigenvalue weighted by Gasteiger charge is -2.33. The first-order valence-corrected chi connectivity index (χ1v) is 6.43. The second-order valence-electron chi connectivity index (χ2n) is 4.63. The van der Waals surface area contributed by atoms with Gasteiger partial charge in [-0.1, -0.05) is 13.8 Å². The van der Waals surface area contributed by atoms with Crippen LogP contribution in [0.4, 0.5) is 0 Å². The summed E-state index contributed by atoms with van der Waals surface area (Å²) in [6, 6.07) is -0.0908. The second-order valence-corrected chi connectivity index (χ2v) is 4.63. The summed E-state index contributed by atoms with van der Waals surface area (Å²) in [6.45, 7) is 8.23. The van der Waals surface area contributed by atoms with Crippen LogP contribution in [-0.2, 0) is 4.79 Å². The molecule has 1 rings (SSSR count). The Hall–Kier alpha value is -0.610. The number of nitrogens with one attached hydrogen (secondary N) is 1. The molecule has 1 saturated heterocycles. The van der Waals surface area contributed by atoms with E-state index in [1.165, 1.54) is 12.8 Å². The molecule has 0 aromatic rings. The van der Waals surface area contributed by atoms with Gasteiger partial charge >= 0.3 is 0 Å². The SMILES string of the molecule is CCC(C(N)=O)N(CC)CC1CCCNC1. The van der Waals surface area contributed by atoms with E-state index in [0.717, 1.165) is 32.6 Å². The fraction of sp³-hybridized carbons (Fsp3) is 0.917. The summed E-state index contributed by atoms with van der Waals surface area (Å²) in [7, 11) is 0. The molecule has 0 aliphatic carbocycles. The van der Waals surface area contributed by atoms with Gasteiger partial charge < -0.3 is 11.1 Å². The number of amides is 1. The summed E-state index contributed by atoms with van der Waals surface area (Å²) in [5.74, 6) is 0.482. The Labute approximate surface area is 98.6 Å². The number of piperidine rings is 1. The van der Waals surface area contributed by atoms with Crippen molar-refractivity contribution in [1.82, 2.24) is 10.2 Å². The predicted molar refractivity (Wildman–Crippen MR) is 66.1 cm³/mol. The minimum absolute atomic E-state index is 0.0908. The molecule has 4 nitrogen and oxygen atoms in total. The number of hydrogen-bond donors (Lipinski definition) is 2. The van der Waals surface area contributed by atoms with Gasteiger partial charge in [-0.25, -0.2) is 0 Å². The van der Waals surface area contributed by atoms with E-state index < -0.39 is 0 Å². The molecule has 0 aromatic carbocycles. The van der Waals surface area contributed by atoms with Crippen LogP contribution in [0.15, 0.2) is 0 Å². The normalized spacial score (nSPS) is 23.3. The number of primary amides is 1. The molecule has 2 atom stereocenters. The van der Waals surface area contributed by atoms with E-state index in [4.69, 9.17) is 5.73 Å². The number of nitrogens with two attached hydrogens (primary N) is 1. The molecule has 4 heteroatoms. The van der Waals surface area contributed by atoms with Gasteiger partial charge in [-0.2, -0.15) is 0 Å². The molecule has 1 aliphatic rings. The molecule has 1 heterocycles. The van der Waals surface area contributed by atoms with E-state index in [-0.39, 0.29) is 11.9 Å². The summed E-state index contributed by atoms with van der Waals surface area (Å²) in [4.78, 5) is 13.6. The zero-order valence-corrected chi connectivity index (χ0v) is 10.5. The highest BCUT2D eigenvalue weighted by atomic mass is 16.1. The first-order valence-electron chi connectivity index (χ1n) is 6.43. The van der Waals surface area contributed by atoms with Gasteiger partial charge in [0.2, 0.25) is 5.91 Å². The molecule has 0 radical (unpaired) electrons. The molecular formula is C12H25N3O. The van der Waals surface area contributed by atoms with Crippen molar-refractivity contribution in [3.63, 3.8) is 0 Å². The quantitative estimate of drug-likeness (QED) is 0.697. The topological polar surface area (TPSA) is 58.4 Å². The monoisotopic (exact) mass is 227 g/mol. The Balaban J connectivity index is 2.48. The first kappa shape index (κ1) is 13.5. The number of nitrogens with zero attached hydrogens (tertiary/aromatic N) is 1. The molecule has 16 heavy (non-hydrogen) atoms. The van der Waals surface area contributed by atoms with Gasteiger partial charge in [-0.15, -0.1) is 0 Å². The zero-order chi connectivity index (χ0) is 12.0. The molecule has 0 spiro atoms. The van der Waals surface area contributed by atoms with E-state index in [1.54, 1.807) is 0 Å². The smallest absolute Gasteiger partial charge is 0.234 e. The fourth-order valence-corrected chi connectivity index (χ4v) is 2.53. The molecule has 1 amide bonds. The van der Waals surface area contributed by atoms with Crippen molar-refractivity contribution in [2.45, 2.75) is 39.2 Å². The molecular weight excluding hydrogens is 202 g/mol. The van der Waals surface area contributed by atoms with Gasteiger partial charge in [0.15, 0.2) is 0 Å². The third-order valence-electron chi connectivity index (χ3n) is 3.45. The van der Waals surface area contributed by atoms with Crippen LogP contribution in [0.1, 0.15) is 33.1 Å². The van der Waals surface area contributed by atoms with Gasteiger partial charge in [-0.3, -0.25) is 9.69 Å². The lowest BCUT2D eigenvalue weighted by molar-refractivity contribution is -0.123. The number of carbonyl (C=O) groups is 1. The summed E-state index contributed by atoms with van der Waals surface area (Å²) in [5, 5.41) is 3.41. The van der Waals surface area contributed by atoms with Gasteiger partial charge in [0.05, 0.1) is 6.04 Å². The third-order valence-corrected chi connectivity index (χ3v) is 3.45. The Morgan fingerprint density at radius 1 is 1.56 bits per heavy atom. The van der Waals surface area contributed by atoms with Crippen LogP contribution in [0.5, 0.6) is 0 Å². The zero-order valence-electron chi connectivity index (χ0n) is 10.5. The Morgan fingerprint density at radius 3 is 2.75 bits per heavy atom. The van der Waals surface area contributed by atoms with Gasteiger partial charge in [-0.05, 0) is 44.8 Å². The first-order chi connectivity index (χ1) is 7.69. The van der Waals surface area contributed by atoms with Crippen molar-refractivity contribution in [3.8, 4) is 0 Å². The summed E-state index contributed by atoms with van der Waals surface area (Å²) < 4.78 is 0. The average molecular weight is 227 g/mol. The van der Waals surface area contributed by atoms with Crippen LogP contribution in [0.3, 0.4) is 0 Å². The maximum atomic E-state index is 11.3. The minimum Gasteiger partial charge on any atom is -0.368 e. The summed E-state index contributed by atoms with van der Waals surface area (Å²) in [5.41, 5.74) is 5.43. The minimum atomic E-state index is -0.187. The predicted octanol–water partition coefficient (Wildman–Crippen LogP) is 0.572. The van der Waals surface area contributed by atoms with Crippen LogP contribution in [0.2, 0.25) is 0 Å². The van der Waals surface area contributed by atoms with Gasteiger partial charge in [0, 0.05) is 6.54 Å². The summed E-state index contributed by atoms with van der Waals surface area (Å²) in [6.07, 6.45) is 3.32. The van der Waals surface area contributed by atoms with Crippen molar-refractivity contribution in [2.75, 3.05) is 26.2 Å². The molecule has 2 unspecified atom stereocenters. The maximum absolute atomic E-state index is 11.3. The van der Waals surface area contributed by atoms with Crippen molar-refractivity contribution in [2.24, 2.45) is 11.7 Å². The van der Waals surface area contributed by atoms with Crippen LogP contribution >= 0.6 is 0 Å². The molecule has 3 N–H and O–H groups in total. The maximum Gasteiger partial charge on any atom is 0.234 e. The van der Waals surface area contributed by atoms with Crippen LogP contribution < -0.4 is 11.1 Å². The third kappa shape index (κ3) is 3.76. The highest BCUT2D eigenvalue weighted by molar-refractivity contribution is 5.79. The van der Waals surface area contributed by atoms with Crippen molar-refractivity contribution in [3.05, 3.63) is 0 Å². The van der Waals surface area contributed by atoms with Crippen LogP contribution in [-0.4, -0.2) is 43.0 Å². The van der Waals surface area contributed by atoms with E-state index in [2.05, 4.69) is 17.1 Å². The van der Waals surface area contributed by atoms with Crippen molar-refractivity contribution < 1.29 is 4.79 Å². The molecule has 94 valence electrons. The standard InChI is InChI=1S/C12H25N3O/c1-3-11(12(13)16)15(4-2)9-10-6-5-7-14-8-10/h10-11,14H,3-9H2,1-2H3,(H2,13,16). The highest BCUT2D eigenvalue weighted by Crippen LogP contribution is 2.14. The number of likely N-dealkylation sites (N-methyl/N-ethyl adjacent to an activating group) is 1. The average Bonchev–Trinajstić information content (AvgIpc) is 2.29. The van der Waals surface area contributed by atoms with Gasteiger partial charge in [0.25, 0.3) is 0 Å². The lowest BCUT2D eigenvalue weighted by Crippen LogP contribution is -2.48. The molecule has 0 aromatic heterocycles. The molecule has 0 saturated carbocycles. The second kappa shape index (κ2) is 6.86. The molecule has 1 aliphatic heterocycles. The number of hydrogen-bond acceptors (Lipinski definition) is 3. The van der Waals surface area contributed by atoms with Crippen molar-refractivity contribution >= 4 is 5.91 Å². The highest BCUT2D eigenvalue weighted by Gasteiger charge is 2.24. The Kier molecular flexibility index (Phi) is 5.77. The van der Waals surface area contributed by atoms with E-state index in [0.29, 0.717) is 5.92 Å². The van der Waals surface area contributed by atoms with E-state index in [1.807, 2.05) is 6.92 Å². The van der Waals surface area contributed by atoms with Crippen LogP contribution in [0, 0.1) is 5.92 Å². The largest absolute Gasteiger partial charge is 0.368 e. The number of rotatable bonds is 6. The fourth-order valence-electron chi connectivity index (χ4n) is 2.53. The molecule has 0 bridgehead atoms. The summed E-state index contributed by atoms with van der Waals surface area (Å²) >= 11 is 0. The Morgan fingerprint density at radius 2 is 2.31 bits per heavy atom.